The number of hydrogen-bond acceptors (Lipinski definition) is 5. The van der Waals surface area contributed by atoms with Crippen LogP contribution in [0.2, 0.25) is 10.0 Å². The minimum Gasteiger partial charge on any atom is -0.366 e. The van der Waals surface area contributed by atoms with E-state index >= 15 is 0 Å². The van der Waals surface area contributed by atoms with E-state index in [1.54, 1.807) is 29.7 Å². The molecule has 0 aliphatic carbocycles. The lowest BCUT2D eigenvalue weighted by molar-refractivity contribution is 0.792. The van der Waals surface area contributed by atoms with E-state index in [0.717, 1.165) is 16.3 Å². The Balaban J connectivity index is 1.94. The second-order valence-electron chi connectivity index (χ2n) is 5.71. The molecule has 25 heavy (non-hydrogen) atoms. The van der Waals surface area contributed by atoms with Crippen molar-refractivity contribution in [1.82, 2.24) is 14.8 Å². The minimum atomic E-state index is -0.389. The molecular formula is C17H16Cl2N4OS. The van der Waals surface area contributed by atoms with E-state index in [9.17, 15) is 4.79 Å². The Kier molecular flexibility index (Phi) is 5.13. The molecule has 0 fully saturated rings. The van der Waals surface area contributed by atoms with Crippen molar-refractivity contribution in [3.05, 3.63) is 66.4 Å². The molecule has 1 aromatic carbocycles. The number of rotatable bonds is 4. The van der Waals surface area contributed by atoms with Crippen LogP contribution in [0.3, 0.4) is 0 Å². The average Bonchev–Trinajstić information content (AvgIpc) is 2.97. The zero-order valence-electron chi connectivity index (χ0n) is 14.0. The molecule has 130 valence electrons. The van der Waals surface area contributed by atoms with Gasteiger partial charge < -0.3 is 4.90 Å². The number of aromatic nitrogens is 3. The van der Waals surface area contributed by atoms with Gasteiger partial charge in [-0.1, -0.05) is 29.3 Å². The number of hydrogen-bond donors (Lipinski definition) is 0. The molecule has 0 aliphatic rings. The zero-order valence-corrected chi connectivity index (χ0v) is 16.3. The third kappa shape index (κ3) is 3.71. The van der Waals surface area contributed by atoms with Crippen LogP contribution in [-0.4, -0.2) is 21.8 Å². The van der Waals surface area contributed by atoms with Crippen LogP contribution in [0.4, 0.5) is 5.69 Å². The first kappa shape index (κ1) is 17.9. The standard InChI is InChI=1S/C17H16Cl2N4OS/c1-10-4-5-13(6-14(10)18)23-17(24)16(19)15(7-20-23)22(3)8-12-9-25-11(2)21-12/h4-7,9H,8H2,1-3H3. The van der Waals surface area contributed by atoms with Crippen LogP contribution >= 0.6 is 34.5 Å². The van der Waals surface area contributed by atoms with Crippen molar-refractivity contribution in [3.8, 4) is 5.69 Å². The monoisotopic (exact) mass is 394 g/mol. The average molecular weight is 395 g/mol. The molecule has 5 nitrogen and oxygen atoms in total. The summed E-state index contributed by atoms with van der Waals surface area (Å²) in [4.78, 5) is 18.9. The minimum absolute atomic E-state index is 0.112. The van der Waals surface area contributed by atoms with Crippen molar-refractivity contribution in [2.45, 2.75) is 20.4 Å². The predicted molar refractivity (Wildman–Crippen MR) is 104 cm³/mol. The third-order valence-corrected chi connectivity index (χ3v) is 5.36. The molecule has 0 saturated carbocycles. The molecule has 0 N–H and O–H groups in total. The van der Waals surface area contributed by atoms with E-state index in [4.69, 9.17) is 23.2 Å². The molecule has 3 aromatic rings. The van der Waals surface area contributed by atoms with E-state index in [-0.39, 0.29) is 10.6 Å². The van der Waals surface area contributed by atoms with Crippen LogP contribution in [0.1, 0.15) is 16.3 Å². The van der Waals surface area contributed by atoms with Crippen LogP contribution in [0.25, 0.3) is 5.69 Å². The van der Waals surface area contributed by atoms with Gasteiger partial charge in [-0.15, -0.1) is 11.3 Å². The topological polar surface area (TPSA) is 51.0 Å². The quantitative estimate of drug-likeness (QED) is 0.663. The van der Waals surface area contributed by atoms with Gasteiger partial charge >= 0.3 is 0 Å². The van der Waals surface area contributed by atoms with Gasteiger partial charge in [0.25, 0.3) is 5.56 Å². The van der Waals surface area contributed by atoms with E-state index in [1.807, 2.05) is 37.2 Å². The first-order chi connectivity index (χ1) is 11.9. The lowest BCUT2D eigenvalue weighted by Gasteiger charge is -2.19. The Morgan fingerprint density at radius 2 is 2.04 bits per heavy atom. The van der Waals surface area contributed by atoms with Crippen molar-refractivity contribution >= 4 is 40.2 Å². The highest BCUT2D eigenvalue weighted by molar-refractivity contribution is 7.09. The second kappa shape index (κ2) is 7.15. The van der Waals surface area contributed by atoms with Gasteiger partial charge in [-0.3, -0.25) is 4.79 Å². The molecule has 8 heteroatoms. The lowest BCUT2D eigenvalue weighted by Crippen LogP contribution is -2.26. The van der Waals surface area contributed by atoms with Crippen LogP contribution in [0.5, 0.6) is 0 Å². The zero-order chi connectivity index (χ0) is 18.1. The van der Waals surface area contributed by atoms with Crippen LogP contribution in [0.15, 0.2) is 34.6 Å². The van der Waals surface area contributed by atoms with Crippen molar-refractivity contribution in [2.24, 2.45) is 0 Å². The highest BCUT2D eigenvalue weighted by atomic mass is 35.5. The van der Waals surface area contributed by atoms with Crippen molar-refractivity contribution in [3.63, 3.8) is 0 Å². The number of nitrogens with zero attached hydrogens (tertiary/aromatic N) is 4. The molecule has 0 atom stereocenters. The highest BCUT2D eigenvalue weighted by Crippen LogP contribution is 2.24. The molecule has 2 aromatic heterocycles. The fourth-order valence-electron chi connectivity index (χ4n) is 2.40. The second-order valence-corrected chi connectivity index (χ2v) is 7.56. The Morgan fingerprint density at radius 3 is 2.68 bits per heavy atom. The van der Waals surface area contributed by atoms with Gasteiger partial charge in [0.1, 0.15) is 5.02 Å². The molecule has 0 bridgehead atoms. The third-order valence-electron chi connectivity index (χ3n) is 3.78. The van der Waals surface area contributed by atoms with Crippen molar-refractivity contribution in [1.29, 1.82) is 0 Å². The summed E-state index contributed by atoms with van der Waals surface area (Å²) in [5.41, 5.74) is 2.61. The smallest absolute Gasteiger partial charge is 0.292 e. The summed E-state index contributed by atoms with van der Waals surface area (Å²) in [5.74, 6) is 0. The van der Waals surface area contributed by atoms with Gasteiger partial charge in [-0.25, -0.2) is 4.98 Å². The molecule has 0 aliphatic heterocycles. The Morgan fingerprint density at radius 1 is 1.28 bits per heavy atom. The largest absolute Gasteiger partial charge is 0.366 e. The van der Waals surface area contributed by atoms with Gasteiger partial charge in [0.2, 0.25) is 0 Å². The summed E-state index contributed by atoms with van der Waals surface area (Å²) < 4.78 is 1.25. The fourth-order valence-corrected chi connectivity index (χ4v) is 3.45. The van der Waals surface area contributed by atoms with Gasteiger partial charge in [0.05, 0.1) is 34.8 Å². The normalized spacial score (nSPS) is 10.9. The summed E-state index contributed by atoms with van der Waals surface area (Å²) >= 11 is 14.0. The molecule has 0 radical (unpaired) electrons. The molecule has 0 saturated heterocycles. The summed E-state index contributed by atoms with van der Waals surface area (Å²) in [6.07, 6.45) is 1.58. The Hall–Kier alpha value is -1.89. The van der Waals surface area contributed by atoms with Gasteiger partial charge in [0.15, 0.2) is 0 Å². The summed E-state index contributed by atoms with van der Waals surface area (Å²) in [6, 6.07) is 5.32. The number of halogens is 2. The van der Waals surface area contributed by atoms with Crippen LogP contribution in [-0.2, 0) is 6.54 Å². The lowest BCUT2D eigenvalue weighted by atomic mass is 10.2. The van der Waals surface area contributed by atoms with E-state index in [2.05, 4.69) is 10.1 Å². The summed E-state index contributed by atoms with van der Waals surface area (Å²) in [7, 11) is 1.85. The molecular weight excluding hydrogens is 379 g/mol. The van der Waals surface area contributed by atoms with Gasteiger partial charge in [0, 0.05) is 17.5 Å². The first-order valence-corrected chi connectivity index (χ1v) is 9.17. The van der Waals surface area contributed by atoms with Gasteiger partial charge in [-0.2, -0.15) is 9.78 Å². The molecule has 0 unspecified atom stereocenters. The molecule has 3 rings (SSSR count). The summed E-state index contributed by atoms with van der Waals surface area (Å²) in [5, 5.41) is 7.92. The Bertz CT molecular complexity index is 983. The fraction of sp³-hybridized carbons (Fsp3) is 0.235. The van der Waals surface area contributed by atoms with E-state index in [1.165, 1.54) is 4.68 Å². The van der Waals surface area contributed by atoms with Crippen LogP contribution in [0, 0.1) is 13.8 Å². The number of thiazole rings is 1. The maximum atomic E-state index is 12.6. The molecule has 0 spiro atoms. The van der Waals surface area contributed by atoms with Crippen molar-refractivity contribution < 1.29 is 0 Å². The number of benzene rings is 1. The van der Waals surface area contributed by atoms with E-state index in [0.29, 0.717) is 22.9 Å². The SMILES string of the molecule is Cc1nc(CN(C)c2cnn(-c3ccc(C)c(Cl)c3)c(=O)c2Cl)cs1. The molecule has 0 amide bonds. The van der Waals surface area contributed by atoms with Gasteiger partial charge in [-0.05, 0) is 31.5 Å². The maximum absolute atomic E-state index is 12.6. The summed E-state index contributed by atoms with van der Waals surface area (Å²) in [6.45, 7) is 4.40. The Labute approximate surface area is 159 Å². The van der Waals surface area contributed by atoms with E-state index < -0.39 is 0 Å². The number of anilines is 1. The van der Waals surface area contributed by atoms with Crippen molar-refractivity contribution in [2.75, 3.05) is 11.9 Å². The number of aryl methyl sites for hydroxylation is 2. The first-order valence-electron chi connectivity index (χ1n) is 7.53. The van der Waals surface area contributed by atoms with Crippen LogP contribution < -0.4 is 10.5 Å². The highest BCUT2D eigenvalue weighted by Gasteiger charge is 2.15. The molecule has 2 heterocycles. The predicted octanol–water partition coefficient (Wildman–Crippen LogP) is 4.25. The maximum Gasteiger partial charge on any atom is 0.292 e.